The van der Waals surface area contributed by atoms with Crippen molar-refractivity contribution in [2.75, 3.05) is 13.2 Å². The molecule has 0 amide bonds. The molecule has 1 heterocycles. The topological polar surface area (TPSA) is 30.5 Å². The highest BCUT2D eigenvalue weighted by atomic mass is 79.9. The minimum Gasteiger partial charge on any atom is -0.488 e. The standard InChI is InChI=1S/C19H21BrClNO2/c20-18-10-15(11-22-12-17-2-1-9-23-17)5-8-19(18)24-13-14-3-6-16(21)7-4-14/h3-8,10,17,22H,1-2,9,11-13H2/t17-/m0/s1. The number of hydrogen-bond acceptors (Lipinski definition) is 3. The molecule has 1 aliphatic heterocycles. The lowest BCUT2D eigenvalue weighted by Crippen LogP contribution is -2.25. The molecular weight excluding hydrogens is 390 g/mol. The van der Waals surface area contributed by atoms with Crippen molar-refractivity contribution in [3.8, 4) is 5.75 Å². The van der Waals surface area contributed by atoms with Gasteiger partial charge in [-0.2, -0.15) is 0 Å². The van der Waals surface area contributed by atoms with Crippen LogP contribution in [0.25, 0.3) is 0 Å². The number of nitrogens with one attached hydrogen (secondary N) is 1. The number of ether oxygens (including phenoxy) is 2. The molecule has 0 bridgehead atoms. The molecule has 2 aromatic carbocycles. The molecule has 0 unspecified atom stereocenters. The lowest BCUT2D eigenvalue weighted by atomic mass is 10.2. The van der Waals surface area contributed by atoms with Crippen molar-refractivity contribution in [1.82, 2.24) is 5.32 Å². The van der Waals surface area contributed by atoms with Crippen molar-refractivity contribution in [2.45, 2.75) is 32.1 Å². The Kier molecular flexibility index (Phi) is 6.55. The van der Waals surface area contributed by atoms with Crippen molar-refractivity contribution in [3.05, 3.63) is 63.1 Å². The normalized spacial score (nSPS) is 17.2. The molecule has 3 nitrogen and oxygen atoms in total. The second-order valence-corrected chi connectivity index (χ2v) is 7.24. The van der Waals surface area contributed by atoms with E-state index in [4.69, 9.17) is 21.1 Å². The average Bonchev–Trinajstić information content (AvgIpc) is 3.09. The SMILES string of the molecule is Clc1ccc(COc2ccc(CNC[C@@H]3CCCO3)cc2Br)cc1. The number of rotatable bonds is 7. The zero-order valence-electron chi connectivity index (χ0n) is 13.4. The van der Waals surface area contributed by atoms with Crippen LogP contribution in [0.3, 0.4) is 0 Å². The minimum atomic E-state index is 0.371. The van der Waals surface area contributed by atoms with Gasteiger partial charge in [0, 0.05) is 24.7 Å². The van der Waals surface area contributed by atoms with Crippen LogP contribution in [0.1, 0.15) is 24.0 Å². The van der Waals surface area contributed by atoms with Gasteiger partial charge in [-0.25, -0.2) is 0 Å². The fourth-order valence-corrected chi connectivity index (χ4v) is 3.36. The van der Waals surface area contributed by atoms with Crippen LogP contribution in [0.15, 0.2) is 46.9 Å². The lowest BCUT2D eigenvalue weighted by molar-refractivity contribution is 0.110. The monoisotopic (exact) mass is 409 g/mol. The summed E-state index contributed by atoms with van der Waals surface area (Å²) in [6.45, 7) is 3.16. The summed E-state index contributed by atoms with van der Waals surface area (Å²) in [6.07, 6.45) is 2.71. The van der Waals surface area contributed by atoms with Crippen molar-refractivity contribution < 1.29 is 9.47 Å². The van der Waals surface area contributed by atoms with E-state index in [9.17, 15) is 0 Å². The van der Waals surface area contributed by atoms with Crippen LogP contribution >= 0.6 is 27.5 Å². The van der Waals surface area contributed by atoms with E-state index in [-0.39, 0.29) is 0 Å². The Morgan fingerprint density at radius 1 is 1.17 bits per heavy atom. The van der Waals surface area contributed by atoms with Crippen molar-refractivity contribution in [2.24, 2.45) is 0 Å². The molecule has 0 saturated carbocycles. The summed E-state index contributed by atoms with van der Waals surface area (Å²) in [5.41, 5.74) is 2.31. The van der Waals surface area contributed by atoms with Gasteiger partial charge >= 0.3 is 0 Å². The van der Waals surface area contributed by atoms with Gasteiger partial charge in [0.2, 0.25) is 0 Å². The maximum atomic E-state index is 5.89. The molecule has 24 heavy (non-hydrogen) atoms. The van der Waals surface area contributed by atoms with E-state index in [1.165, 1.54) is 12.0 Å². The number of hydrogen-bond donors (Lipinski definition) is 1. The van der Waals surface area contributed by atoms with E-state index in [1.807, 2.05) is 30.3 Å². The molecule has 3 rings (SSSR count). The molecule has 1 atom stereocenters. The molecule has 0 radical (unpaired) electrons. The molecule has 5 heteroatoms. The molecule has 2 aromatic rings. The molecule has 128 valence electrons. The molecule has 1 saturated heterocycles. The van der Waals surface area contributed by atoms with Crippen molar-refractivity contribution in [1.29, 1.82) is 0 Å². The quantitative estimate of drug-likeness (QED) is 0.700. The third-order valence-electron chi connectivity index (χ3n) is 4.03. The van der Waals surface area contributed by atoms with E-state index >= 15 is 0 Å². The summed E-state index contributed by atoms with van der Waals surface area (Å²) >= 11 is 9.48. The molecule has 0 aromatic heterocycles. The van der Waals surface area contributed by atoms with Gasteiger partial charge in [-0.15, -0.1) is 0 Å². The van der Waals surface area contributed by atoms with Crippen LogP contribution in [0.4, 0.5) is 0 Å². The summed E-state index contributed by atoms with van der Waals surface area (Å²) in [5, 5.41) is 4.19. The largest absolute Gasteiger partial charge is 0.488 e. The Balaban J connectivity index is 1.49. The van der Waals surface area contributed by atoms with Crippen LogP contribution in [0.5, 0.6) is 5.75 Å². The molecule has 0 aliphatic carbocycles. The van der Waals surface area contributed by atoms with Crippen LogP contribution < -0.4 is 10.1 Å². The first-order valence-corrected chi connectivity index (χ1v) is 9.36. The second-order valence-electron chi connectivity index (χ2n) is 5.95. The average molecular weight is 411 g/mol. The maximum absolute atomic E-state index is 5.89. The van der Waals surface area contributed by atoms with Gasteiger partial charge in [-0.05, 0) is 64.2 Å². The van der Waals surface area contributed by atoms with Crippen LogP contribution in [-0.2, 0) is 17.9 Å². The summed E-state index contributed by atoms with van der Waals surface area (Å²) in [6, 6.07) is 13.9. The fourth-order valence-electron chi connectivity index (χ4n) is 2.70. The number of benzene rings is 2. The van der Waals surface area contributed by atoms with Crippen LogP contribution in [0, 0.1) is 0 Å². The fraction of sp³-hybridized carbons (Fsp3) is 0.368. The smallest absolute Gasteiger partial charge is 0.134 e. The molecule has 1 aliphatic rings. The van der Waals surface area contributed by atoms with E-state index in [0.29, 0.717) is 12.7 Å². The van der Waals surface area contributed by atoms with Gasteiger partial charge in [-0.3, -0.25) is 0 Å². The van der Waals surface area contributed by atoms with E-state index in [1.54, 1.807) is 0 Å². The first-order chi connectivity index (χ1) is 11.7. The number of halogens is 2. The Morgan fingerprint density at radius 3 is 2.67 bits per heavy atom. The first kappa shape index (κ1) is 17.7. The van der Waals surface area contributed by atoms with E-state index < -0.39 is 0 Å². The third kappa shape index (κ3) is 5.21. The maximum Gasteiger partial charge on any atom is 0.134 e. The van der Waals surface area contributed by atoms with Crippen LogP contribution in [-0.4, -0.2) is 19.3 Å². The van der Waals surface area contributed by atoms with Gasteiger partial charge in [-0.1, -0.05) is 29.8 Å². The van der Waals surface area contributed by atoms with Gasteiger partial charge in [0.25, 0.3) is 0 Å². The predicted octanol–water partition coefficient (Wildman–Crippen LogP) is 4.95. The van der Waals surface area contributed by atoms with Gasteiger partial charge in [0.1, 0.15) is 12.4 Å². The Bertz CT molecular complexity index is 657. The van der Waals surface area contributed by atoms with E-state index in [2.05, 4.69) is 33.4 Å². The van der Waals surface area contributed by atoms with Gasteiger partial charge in [0.15, 0.2) is 0 Å². The summed E-state index contributed by atoms with van der Waals surface area (Å²) in [5.74, 6) is 0.841. The van der Waals surface area contributed by atoms with E-state index in [0.717, 1.165) is 46.9 Å². The highest BCUT2D eigenvalue weighted by molar-refractivity contribution is 9.10. The first-order valence-electron chi connectivity index (χ1n) is 8.19. The molecule has 0 spiro atoms. The molecular formula is C19H21BrClNO2. The zero-order valence-corrected chi connectivity index (χ0v) is 15.8. The molecule has 1 N–H and O–H groups in total. The Hall–Kier alpha value is -1.07. The third-order valence-corrected chi connectivity index (χ3v) is 4.90. The highest BCUT2D eigenvalue weighted by Crippen LogP contribution is 2.27. The van der Waals surface area contributed by atoms with Gasteiger partial charge in [0.05, 0.1) is 10.6 Å². The van der Waals surface area contributed by atoms with Crippen LogP contribution in [0.2, 0.25) is 5.02 Å². The second kappa shape index (κ2) is 8.86. The van der Waals surface area contributed by atoms with Crippen molar-refractivity contribution in [3.63, 3.8) is 0 Å². The summed E-state index contributed by atoms with van der Waals surface area (Å²) in [7, 11) is 0. The lowest BCUT2D eigenvalue weighted by Gasteiger charge is -2.12. The zero-order chi connectivity index (χ0) is 16.8. The Labute approximate surface area is 156 Å². The van der Waals surface area contributed by atoms with Gasteiger partial charge < -0.3 is 14.8 Å². The summed E-state index contributed by atoms with van der Waals surface area (Å²) in [4.78, 5) is 0. The highest BCUT2D eigenvalue weighted by Gasteiger charge is 2.14. The van der Waals surface area contributed by atoms with Crippen molar-refractivity contribution >= 4 is 27.5 Å². The summed E-state index contributed by atoms with van der Waals surface area (Å²) < 4.78 is 12.5. The minimum absolute atomic E-state index is 0.371. The Morgan fingerprint density at radius 2 is 1.96 bits per heavy atom. The predicted molar refractivity (Wildman–Crippen MR) is 101 cm³/mol. The molecule has 1 fully saturated rings.